The summed E-state index contributed by atoms with van der Waals surface area (Å²) in [5, 5.41) is 0. The third kappa shape index (κ3) is 3.68. The summed E-state index contributed by atoms with van der Waals surface area (Å²) in [4.78, 5) is 9.32. The van der Waals surface area contributed by atoms with Gasteiger partial charge >= 0.3 is 0 Å². The van der Waals surface area contributed by atoms with Crippen LogP contribution in [0.15, 0.2) is 12.5 Å². The van der Waals surface area contributed by atoms with E-state index in [4.69, 9.17) is 11.6 Å². The molecule has 0 aliphatic carbocycles. The van der Waals surface area contributed by atoms with Gasteiger partial charge in [-0.2, -0.15) is 0 Å². The Kier molecular flexibility index (Phi) is 3.96. The van der Waals surface area contributed by atoms with Gasteiger partial charge in [0.05, 0.1) is 6.33 Å². The SMILES string of the molecule is CN(Cc1cnc[nH]1)CC(C)(C)CCl. The average molecular weight is 216 g/mol. The van der Waals surface area contributed by atoms with Gasteiger partial charge in [-0.05, 0) is 12.5 Å². The van der Waals surface area contributed by atoms with Gasteiger partial charge in [0.15, 0.2) is 0 Å². The molecule has 1 aromatic heterocycles. The fraction of sp³-hybridized carbons (Fsp3) is 0.700. The zero-order chi connectivity index (χ0) is 10.6. The van der Waals surface area contributed by atoms with Gasteiger partial charge < -0.3 is 4.98 Å². The minimum absolute atomic E-state index is 0.163. The number of halogens is 1. The topological polar surface area (TPSA) is 31.9 Å². The van der Waals surface area contributed by atoms with Gasteiger partial charge in [0.25, 0.3) is 0 Å². The smallest absolute Gasteiger partial charge is 0.0922 e. The highest BCUT2D eigenvalue weighted by molar-refractivity contribution is 6.18. The standard InChI is InChI=1S/C10H18ClN3/c1-10(2,6-11)7-14(3)5-9-4-12-8-13-9/h4,8H,5-7H2,1-3H3,(H,12,13). The van der Waals surface area contributed by atoms with E-state index in [1.165, 1.54) is 0 Å². The molecule has 0 saturated heterocycles. The quantitative estimate of drug-likeness (QED) is 0.763. The number of rotatable bonds is 5. The molecule has 1 heterocycles. The van der Waals surface area contributed by atoms with Crippen molar-refractivity contribution in [2.45, 2.75) is 20.4 Å². The molecule has 0 amide bonds. The number of hydrogen-bond acceptors (Lipinski definition) is 2. The number of alkyl halides is 1. The van der Waals surface area contributed by atoms with Crippen molar-refractivity contribution in [2.24, 2.45) is 5.41 Å². The molecule has 0 saturated carbocycles. The van der Waals surface area contributed by atoms with Crippen molar-refractivity contribution in [1.29, 1.82) is 0 Å². The van der Waals surface area contributed by atoms with E-state index in [0.29, 0.717) is 5.88 Å². The maximum atomic E-state index is 5.87. The Bertz CT molecular complexity index is 256. The Morgan fingerprint density at radius 2 is 2.29 bits per heavy atom. The minimum atomic E-state index is 0.163. The molecule has 3 nitrogen and oxygen atoms in total. The van der Waals surface area contributed by atoms with E-state index in [1.54, 1.807) is 6.33 Å². The lowest BCUT2D eigenvalue weighted by molar-refractivity contribution is 0.222. The fourth-order valence-corrected chi connectivity index (χ4v) is 1.58. The van der Waals surface area contributed by atoms with Crippen molar-refractivity contribution in [3.8, 4) is 0 Å². The molecule has 0 aromatic carbocycles. The van der Waals surface area contributed by atoms with Crippen LogP contribution in [0.3, 0.4) is 0 Å². The first-order valence-electron chi connectivity index (χ1n) is 4.75. The van der Waals surface area contributed by atoms with Crippen LogP contribution in [-0.4, -0.2) is 34.3 Å². The number of hydrogen-bond donors (Lipinski definition) is 1. The average Bonchev–Trinajstić information content (AvgIpc) is 2.55. The first-order valence-corrected chi connectivity index (χ1v) is 5.29. The highest BCUT2D eigenvalue weighted by atomic mass is 35.5. The Labute approximate surface area is 90.5 Å². The number of nitrogens with one attached hydrogen (secondary N) is 1. The van der Waals surface area contributed by atoms with Crippen molar-refractivity contribution < 1.29 is 0 Å². The Morgan fingerprint density at radius 3 is 2.79 bits per heavy atom. The van der Waals surface area contributed by atoms with Gasteiger partial charge in [0.1, 0.15) is 0 Å². The second-order valence-electron chi connectivity index (χ2n) is 4.55. The van der Waals surface area contributed by atoms with Gasteiger partial charge in [-0.3, -0.25) is 4.90 Å². The van der Waals surface area contributed by atoms with E-state index in [2.05, 4.69) is 35.8 Å². The molecule has 0 bridgehead atoms. The van der Waals surface area contributed by atoms with Crippen LogP contribution in [0.1, 0.15) is 19.5 Å². The molecular formula is C10H18ClN3. The van der Waals surface area contributed by atoms with Crippen LogP contribution >= 0.6 is 11.6 Å². The Morgan fingerprint density at radius 1 is 1.57 bits per heavy atom. The van der Waals surface area contributed by atoms with Crippen LogP contribution in [0.2, 0.25) is 0 Å². The van der Waals surface area contributed by atoms with E-state index in [1.807, 2.05) is 6.20 Å². The molecule has 0 radical (unpaired) electrons. The summed E-state index contributed by atoms with van der Waals surface area (Å²) in [6, 6.07) is 0. The predicted molar refractivity (Wildman–Crippen MR) is 59.4 cm³/mol. The van der Waals surface area contributed by atoms with Crippen molar-refractivity contribution in [2.75, 3.05) is 19.5 Å². The molecule has 0 unspecified atom stereocenters. The number of H-pyrrole nitrogens is 1. The predicted octanol–water partition coefficient (Wildman–Crippen LogP) is 2.11. The number of aromatic amines is 1. The first kappa shape index (κ1) is 11.5. The van der Waals surface area contributed by atoms with Gasteiger partial charge in [-0.15, -0.1) is 11.6 Å². The van der Waals surface area contributed by atoms with Crippen LogP contribution in [0.5, 0.6) is 0 Å². The summed E-state index contributed by atoms with van der Waals surface area (Å²) >= 11 is 5.87. The minimum Gasteiger partial charge on any atom is -0.347 e. The maximum absolute atomic E-state index is 5.87. The normalized spacial score (nSPS) is 12.4. The number of nitrogens with zero attached hydrogens (tertiary/aromatic N) is 2. The van der Waals surface area contributed by atoms with Gasteiger partial charge in [0, 0.05) is 30.9 Å². The molecule has 0 fully saturated rings. The van der Waals surface area contributed by atoms with Crippen molar-refractivity contribution in [3.63, 3.8) is 0 Å². The molecule has 4 heteroatoms. The number of aromatic nitrogens is 2. The second kappa shape index (κ2) is 4.80. The molecule has 0 spiro atoms. The third-order valence-electron chi connectivity index (χ3n) is 2.05. The Hall–Kier alpha value is -0.540. The summed E-state index contributed by atoms with van der Waals surface area (Å²) in [6.07, 6.45) is 3.56. The molecular weight excluding hydrogens is 198 g/mol. The van der Waals surface area contributed by atoms with Crippen molar-refractivity contribution >= 4 is 11.6 Å². The van der Waals surface area contributed by atoms with Crippen LogP contribution < -0.4 is 0 Å². The van der Waals surface area contributed by atoms with Gasteiger partial charge in [-0.25, -0.2) is 4.98 Å². The fourth-order valence-electron chi connectivity index (χ4n) is 1.49. The summed E-state index contributed by atoms with van der Waals surface area (Å²) in [5.41, 5.74) is 1.30. The lowest BCUT2D eigenvalue weighted by atomic mass is 9.96. The molecule has 0 atom stereocenters. The molecule has 1 aromatic rings. The summed E-state index contributed by atoms with van der Waals surface area (Å²) in [6.45, 7) is 6.21. The van der Waals surface area contributed by atoms with E-state index in [9.17, 15) is 0 Å². The van der Waals surface area contributed by atoms with Crippen LogP contribution in [0.25, 0.3) is 0 Å². The van der Waals surface area contributed by atoms with Crippen LogP contribution in [0, 0.1) is 5.41 Å². The molecule has 0 aliphatic heterocycles. The van der Waals surface area contributed by atoms with Crippen molar-refractivity contribution in [1.82, 2.24) is 14.9 Å². The van der Waals surface area contributed by atoms with E-state index >= 15 is 0 Å². The number of imidazole rings is 1. The monoisotopic (exact) mass is 215 g/mol. The maximum Gasteiger partial charge on any atom is 0.0922 e. The highest BCUT2D eigenvalue weighted by Crippen LogP contribution is 2.18. The first-order chi connectivity index (χ1) is 6.53. The van der Waals surface area contributed by atoms with Crippen molar-refractivity contribution in [3.05, 3.63) is 18.2 Å². The largest absolute Gasteiger partial charge is 0.347 e. The lowest BCUT2D eigenvalue weighted by Gasteiger charge is -2.27. The highest BCUT2D eigenvalue weighted by Gasteiger charge is 2.18. The van der Waals surface area contributed by atoms with Gasteiger partial charge in [0.2, 0.25) is 0 Å². The van der Waals surface area contributed by atoms with E-state index in [0.717, 1.165) is 18.8 Å². The molecule has 80 valence electrons. The van der Waals surface area contributed by atoms with Gasteiger partial charge in [-0.1, -0.05) is 13.8 Å². The third-order valence-corrected chi connectivity index (χ3v) is 2.78. The van der Waals surface area contributed by atoms with E-state index in [-0.39, 0.29) is 5.41 Å². The molecule has 0 aliphatic rings. The zero-order valence-corrected chi connectivity index (χ0v) is 9.80. The molecule has 14 heavy (non-hydrogen) atoms. The lowest BCUT2D eigenvalue weighted by Crippen LogP contribution is -2.32. The summed E-state index contributed by atoms with van der Waals surface area (Å²) < 4.78 is 0. The second-order valence-corrected chi connectivity index (χ2v) is 4.81. The van der Waals surface area contributed by atoms with Crippen LogP contribution in [-0.2, 0) is 6.54 Å². The van der Waals surface area contributed by atoms with E-state index < -0.39 is 0 Å². The summed E-state index contributed by atoms with van der Waals surface area (Å²) in [5.74, 6) is 0.681. The molecule has 1 N–H and O–H groups in total. The van der Waals surface area contributed by atoms with Crippen LogP contribution in [0.4, 0.5) is 0 Å². The Balaban J connectivity index is 2.40. The molecule has 1 rings (SSSR count). The zero-order valence-electron chi connectivity index (χ0n) is 9.05. The summed E-state index contributed by atoms with van der Waals surface area (Å²) in [7, 11) is 2.09.